The molecule has 0 fully saturated rings. The SMILES string of the molecule is N#CCc1ccc(OCCCCCO)cc1. The molecule has 0 atom stereocenters. The highest BCUT2D eigenvalue weighted by Gasteiger charge is 1.95. The summed E-state index contributed by atoms with van der Waals surface area (Å²) in [4.78, 5) is 0. The minimum Gasteiger partial charge on any atom is -0.494 e. The van der Waals surface area contributed by atoms with Crippen molar-refractivity contribution in [1.29, 1.82) is 5.26 Å². The van der Waals surface area contributed by atoms with Crippen molar-refractivity contribution in [2.75, 3.05) is 13.2 Å². The standard InChI is InChI=1S/C13H17NO2/c14-9-8-12-4-6-13(7-5-12)16-11-3-1-2-10-15/h4-7,15H,1-3,8,10-11H2. The summed E-state index contributed by atoms with van der Waals surface area (Å²) in [7, 11) is 0. The molecule has 3 nitrogen and oxygen atoms in total. The van der Waals surface area contributed by atoms with Crippen LogP contribution < -0.4 is 4.74 Å². The summed E-state index contributed by atoms with van der Waals surface area (Å²) in [5.74, 6) is 0.839. The third kappa shape index (κ3) is 4.81. The highest BCUT2D eigenvalue weighted by molar-refractivity contribution is 5.28. The summed E-state index contributed by atoms with van der Waals surface area (Å²) in [6.07, 6.45) is 3.23. The number of benzene rings is 1. The van der Waals surface area contributed by atoms with Gasteiger partial charge in [-0.15, -0.1) is 0 Å². The van der Waals surface area contributed by atoms with E-state index >= 15 is 0 Å². The average molecular weight is 219 g/mol. The summed E-state index contributed by atoms with van der Waals surface area (Å²) in [6.45, 7) is 0.931. The van der Waals surface area contributed by atoms with Crippen molar-refractivity contribution in [2.45, 2.75) is 25.7 Å². The van der Waals surface area contributed by atoms with Crippen LogP contribution in [0.15, 0.2) is 24.3 Å². The molecule has 0 unspecified atom stereocenters. The van der Waals surface area contributed by atoms with Gasteiger partial charge in [-0.05, 0) is 37.0 Å². The van der Waals surface area contributed by atoms with Gasteiger partial charge in [0.1, 0.15) is 5.75 Å². The predicted molar refractivity (Wildman–Crippen MR) is 62.2 cm³/mol. The van der Waals surface area contributed by atoms with Crippen LogP contribution in [0.5, 0.6) is 5.75 Å². The Kier molecular flexibility index (Phi) is 6.05. The molecule has 16 heavy (non-hydrogen) atoms. The van der Waals surface area contributed by atoms with Crippen LogP contribution in [0.2, 0.25) is 0 Å². The third-order valence-electron chi connectivity index (χ3n) is 2.28. The summed E-state index contributed by atoms with van der Waals surface area (Å²) in [6, 6.07) is 9.70. The number of ether oxygens (including phenoxy) is 1. The van der Waals surface area contributed by atoms with Gasteiger partial charge in [0.05, 0.1) is 19.1 Å². The molecular weight excluding hydrogens is 202 g/mol. The number of aliphatic hydroxyl groups is 1. The summed E-state index contributed by atoms with van der Waals surface area (Å²) in [5, 5.41) is 17.1. The molecule has 1 rings (SSSR count). The van der Waals surface area contributed by atoms with Crippen molar-refractivity contribution in [3.8, 4) is 11.8 Å². The molecule has 0 aliphatic heterocycles. The molecule has 0 saturated heterocycles. The predicted octanol–water partition coefficient (Wildman–Crippen LogP) is 2.29. The van der Waals surface area contributed by atoms with Gasteiger partial charge in [-0.2, -0.15) is 5.26 Å². The van der Waals surface area contributed by atoms with E-state index in [4.69, 9.17) is 15.1 Å². The molecule has 1 aromatic carbocycles. The zero-order valence-electron chi connectivity index (χ0n) is 9.35. The van der Waals surface area contributed by atoms with Gasteiger partial charge < -0.3 is 9.84 Å². The maximum absolute atomic E-state index is 8.60. The normalized spacial score (nSPS) is 9.75. The fraction of sp³-hybridized carbons (Fsp3) is 0.462. The van der Waals surface area contributed by atoms with Gasteiger partial charge >= 0.3 is 0 Å². The molecule has 0 saturated carbocycles. The van der Waals surface area contributed by atoms with Gasteiger partial charge in [-0.3, -0.25) is 0 Å². The topological polar surface area (TPSA) is 53.2 Å². The van der Waals surface area contributed by atoms with Crippen LogP contribution in [-0.2, 0) is 6.42 Å². The molecule has 0 amide bonds. The number of nitrogens with zero attached hydrogens (tertiary/aromatic N) is 1. The molecule has 0 bridgehead atoms. The molecular formula is C13H17NO2. The Morgan fingerprint density at radius 3 is 2.50 bits per heavy atom. The first-order valence-corrected chi connectivity index (χ1v) is 5.56. The first kappa shape index (κ1) is 12.5. The Balaban J connectivity index is 2.24. The maximum Gasteiger partial charge on any atom is 0.119 e. The number of unbranched alkanes of at least 4 members (excludes halogenated alkanes) is 2. The smallest absolute Gasteiger partial charge is 0.119 e. The summed E-state index contributed by atoms with van der Waals surface area (Å²) < 4.78 is 5.52. The zero-order valence-corrected chi connectivity index (χ0v) is 9.35. The number of aliphatic hydroxyl groups excluding tert-OH is 1. The molecule has 0 aliphatic rings. The number of nitriles is 1. The van der Waals surface area contributed by atoms with E-state index in [1.165, 1.54) is 0 Å². The van der Waals surface area contributed by atoms with Crippen molar-refractivity contribution in [1.82, 2.24) is 0 Å². The van der Waals surface area contributed by atoms with Gasteiger partial charge in [0.15, 0.2) is 0 Å². The first-order chi connectivity index (χ1) is 7.86. The van der Waals surface area contributed by atoms with E-state index in [1.807, 2.05) is 24.3 Å². The first-order valence-electron chi connectivity index (χ1n) is 5.56. The number of rotatable bonds is 7. The van der Waals surface area contributed by atoms with Gasteiger partial charge in [0, 0.05) is 6.61 Å². The average Bonchev–Trinajstić information content (AvgIpc) is 2.31. The Morgan fingerprint density at radius 1 is 1.12 bits per heavy atom. The van der Waals surface area contributed by atoms with Crippen LogP contribution in [0.3, 0.4) is 0 Å². The van der Waals surface area contributed by atoms with Crippen molar-refractivity contribution < 1.29 is 9.84 Å². The Hall–Kier alpha value is -1.53. The Bertz CT molecular complexity index is 327. The second-order valence-corrected chi connectivity index (χ2v) is 3.61. The van der Waals surface area contributed by atoms with E-state index < -0.39 is 0 Å². The monoisotopic (exact) mass is 219 g/mol. The van der Waals surface area contributed by atoms with E-state index in [0.29, 0.717) is 13.0 Å². The van der Waals surface area contributed by atoms with Crippen molar-refractivity contribution >= 4 is 0 Å². The highest BCUT2D eigenvalue weighted by atomic mass is 16.5. The molecule has 0 spiro atoms. The van der Waals surface area contributed by atoms with E-state index in [-0.39, 0.29) is 6.61 Å². The minimum absolute atomic E-state index is 0.253. The molecule has 1 N–H and O–H groups in total. The van der Waals surface area contributed by atoms with E-state index in [0.717, 1.165) is 30.6 Å². The van der Waals surface area contributed by atoms with Crippen LogP contribution in [0.1, 0.15) is 24.8 Å². The van der Waals surface area contributed by atoms with Gasteiger partial charge in [0.25, 0.3) is 0 Å². The molecule has 3 heteroatoms. The number of hydrogen-bond donors (Lipinski definition) is 1. The van der Waals surface area contributed by atoms with Crippen molar-refractivity contribution in [3.05, 3.63) is 29.8 Å². The van der Waals surface area contributed by atoms with Crippen molar-refractivity contribution in [2.24, 2.45) is 0 Å². The fourth-order valence-electron chi connectivity index (χ4n) is 1.38. The fourth-order valence-corrected chi connectivity index (χ4v) is 1.38. The van der Waals surface area contributed by atoms with Gasteiger partial charge in [-0.1, -0.05) is 12.1 Å². The zero-order chi connectivity index (χ0) is 11.6. The Morgan fingerprint density at radius 2 is 1.88 bits per heavy atom. The van der Waals surface area contributed by atoms with Crippen LogP contribution >= 0.6 is 0 Å². The summed E-state index contributed by atoms with van der Waals surface area (Å²) >= 11 is 0. The lowest BCUT2D eigenvalue weighted by molar-refractivity contribution is 0.266. The second-order valence-electron chi connectivity index (χ2n) is 3.61. The molecule has 1 aromatic rings. The molecule has 0 aromatic heterocycles. The van der Waals surface area contributed by atoms with Crippen LogP contribution in [-0.4, -0.2) is 18.3 Å². The molecule has 86 valence electrons. The quantitative estimate of drug-likeness (QED) is 0.716. The van der Waals surface area contributed by atoms with Crippen LogP contribution in [0.4, 0.5) is 0 Å². The number of hydrogen-bond acceptors (Lipinski definition) is 3. The van der Waals surface area contributed by atoms with Crippen LogP contribution in [0.25, 0.3) is 0 Å². The molecule has 0 aliphatic carbocycles. The summed E-state index contributed by atoms with van der Waals surface area (Å²) in [5.41, 5.74) is 1.01. The largest absolute Gasteiger partial charge is 0.494 e. The lowest BCUT2D eigenvalue weighted by Crippen LogP contribution is -1.98. The highest BCUT2D eigenvalue weighted by Crippen LogP contribution is 2.13. The van der Waals surface area contributed by atoms with Crippen LogP contribution in [0, 0.1) is 11.3 Å². The maximum atomic E-state index is 8.60. The molecule has 0 radical (unpaired) electrons. The van der Waals surface area contributed by atoms with E-state index in [9.17, 15) is 0 Å². The lowest BCUT2D eigenvalue weighted by atomic mass is 10.2. The third-order valence-corrected chi connectivity index (χ3v) is 2.28. The van der Waals surface area contributed by atoms with E-state index in [1.54, 1.807) is 0 Å². The lowest BCUT2D eigenvalue weighted by Gasteiger charge is -2.05. The second kappa shape index (κ2) is 7.72. The Labute approximate surface area is 96.3 Å². The molecule has 0 heterocycles. The van der Waals surface area contributed by atoms with Gasteiger partial charge in [0.2, 0.25) is 0 Å². The minimum atomic E-state index is 0.253. The van der Waals surface area contributed by atoms with E-state index in [2.05, 4.69) is 6.07 Å². The van der Waals surface area contributed by atoms with Crippen molar-refractivity contribution in [3.63, 3.8) is 0 Å². The van der Waals surface area contributed by atoms with Gasteiger partial charge in [-0.25, -0.2) is 0 Å².